The number of ether oxygens (including phenoxy) is 1. The molecule has 1 aromatic carbocycles. The molecular formula is C13H20N2O2. The summed E-state index contributed by atoms with van der Waals surface area (Å²) in [5, 5.41) is 2.72. The number of amides is 1. The third-order valence-corrected chi connectivity index (χ3v) is 2.34. The Balaban J connectivity index is 2.44. The second kappa shape index (κ2) is 7.68. The topological polar surface area (TPSA) is 64.3 Å². The minimum atomic E-state index is -0.151. The minimum absolute atomic E-state index is 0.0205. The van der Waals surface area contributed by atoms with E-state index in [0.717, 1.165) is 30.8 Å². The molecule has 0 aliphatic carbocycles. The standard InChI is InChI=1S/C13H20N2O2/c1-2-3-7-17-12-6-4-5-11(8-12)10-15-13(16)9-14/h4-6,8H,2-3,7,9-10,14H2,1H3,(H,15,16). The third kappa shape index (κ3) is 5.36. The van der Waals surface area contributed by atoms with Crippen LogP contribution < -0.4 is 15.8 Å². The number of hydrogen-bond acceptors (Lipinski definition) is 3. The molecule has 4 heteroatoms. The highest BCUT2D eigenvalue weighted by atomic mass is 16.5. The van der Waals surface area contributed by atoms with E-state index >= 15 is 0 Å². The van der Waals surface area contributed by atoms with E-state index in [0.29, 0.717) is 6.54 Å². The van der Waals surface area contributed by atoms with Crippen LogP contribution in [0.4, 0.5) is 0 Å². The van der Waals surface area contributed by atoms with Crippen LogP contribution in [-0.4, -0.2) is 19.1 Å². The predicted molar refractivity (Wildman–Crippen MR) is 67.7 cm³/mol. The van der Waals surface area contributed by atoms with Crippen LogP contribution in [0.2, 0.25) is 0 Å². The maximum Gasteiger partial charge on any atom is 0.234 e. The Morgan fingerprint density at radius 2 is 2.29 bits per heavy atom. The Labute approximate surface area is 102 Å². The van der Waals surface area contributed by atoms with Crippen molar-refractivity contribution in [3.63, 3.8) is 0 Å². The molecule has 0 heterocycles. The average Bonchev–Trinajstić information content (AvgIpc) is 2.37. The molecular weight excluding hydrogens is 216 g/mol. The van der Waals surface area contributed by atoms with Gasteiger partial charge in [-0.2, -0.15) is 0 Å². The SMILES string of the molecule is CCCCOc1cccc(CNC(=O)CN)c1. The zero-order valence-corrected chi connectivity index (χ0v) is 10.2. The van der Waals surface area contributed by atoms with Gasteiger partial charge in [0.2, 0.25) is 5.91 Å². The Morgan fingerprint density at radius 1 is 1.47 bits per heavy atom. The van der Waals surface area contributed by atoms with E-state index in [-0.39, 0.29) is 12.5 Å². The van der Waals surface area contributed by atoms with Crippen molar-refractivity contribution < 1.29 is 9.53 Å². The summed E-state index contributed by atoms with van der Waals surface area (Å²) in [6.45, 7) is 3.37. The molecule has 0 unspecified atom stereocenters. The molecule has 0 aliphatic rings. The maximum absolute atomic E-state index is 11.0. The second-order valence-electron chi connectivity index (χ2n) is 3.83. The van der Waals surface area contributed by atoms with Crippen molar-refractivity contribution in [1.29, 1.82) is 0 Å². The molecule has 0 aromatic heterocycles. The van der Waals surface area contributed by atoms with Crippen LogP contribution in [0.1, 0.15) is 25.3 Å². The molecule has 0 spiro atoms. The third-order valence-electron chi connectivity index (χ3n) is 2.34. The van der Waals surface area contributed by atoms with Gasteiger partial charge in [-0.05, 0) is 24.1 Å². The number of rotatable bonds is 7. The van der Waals surface area contributed by atoms with Crippen LogP contribution in [0.15, 0.2) is 24.3 Å². The van der Waals surface area contributed by atoms with Gasteiger partial charge >= 0.3 is 0 Å². The summed E-state index contributed by atoms with van der Waals surface area (Å²) in [5.41, 5.74) is 6.23. The molecule has 0 atom stereocenters. The number of nitrogens with one attached hydrogen (secondary N) is 1. The monoisotopic (exact) mass is 236 g/mol. The van der Waals surface area contributed by atoms with Gasteiger partial charge in [-0.15, -0.1) is 0 Å². The average molecular weight is 236 g/mol. The summed E-state index contributed by atoms with van der Waals surface area (Å²) in [6, 6.07) is 7.73. The number of hydrogen-bond donors (Lipinski definition) is 2. The van der Waals surface area contributed by atoms with E-state index in [1.807, 2.05) is 24.3 Å². The van der Waals surface area contributed by atoms with Gasteiger partial charge in [0.25, 0.3) is 0 Å². The van der Waals surface area contributed by atoms with Gasteiger partial charge < -0.3 is 15.8 Å². The van der Waals surface area contributed by atoms with Gasteiger partial charge in [0, 0.05) is 6.54 Å². The second-order valence-corrected chi connectivity index (χ2v) is 3.83. The summed E-state index contributed by atoms with van der Waals surface area (Å²) in [7, 11) is 0. The molecule has 1 aromatic rings. The van der Waals surface area contributed by atoms with Crippen molar-refractivity contribution in [2.24, 2.45) is 5.73 Å². The van der Waals surface area contributed by atoms with Crippen molar-refractivity contribution in [3.8, 4) is 5.75 Å². The van der Waals surface area contributed by atoms with Gasteiger partial charge in [-0.25, -0.2) is 0 Å². The molecule has 0 bridgehead atoms. The molecule has 1 rings (SSSR count). The Hall–Kier alpha value is -1.55. The number of carbonyl (C=O) groups is 1. The number of carbonyl (C=O) groups excluding carboxylic acids is 1. The molecule has 4 nitrogen and oxygen atoms in total. The predicted octanol–water partition coefficient (Wildman–Crippen LogP) is 1.44. The van der Waals surface area contributed by atoms with Crippen LogP contribution in [0.5, 0.6) is 5.75 Å². The fraction of sp³-hybridized carbons (Fsp3) is 0.462. The highest BCUT2D eigenvalue weighted by Crippen LogP contribution is 2.13. The Kier molecular flexibility index (Phi) is 6.10. The molecule has 0 saturated heterocycles. The highest BCUT2D eigenvalue weighted by molar-refractivity contribution is 5.77. The normalized spacial score (nSPS) is 10.0. The molecule has 0 saturated carbocycles. The first-order valence-electron chi connectivity index (χ1n) is 5.94. The largest absolute Gasteiger partial charge is 0.494 e. The van der Waals surface area contributed by atoms with Gasteiger partial charge in [0.1, 0.15) is 5.75 Å². The van der Waals surface area contributed by atoms with Crippen molar-refractivity contribution in [2.75, 3.05) is 13.2 Å². The van der Waals surface area contributed by atoms with E-state index in [2.05, 4.69) is 12.2 Å². The minimum Gasteiger partial charge on any atom is -0.494 e. The molecule has 0 fully saturated rings. The Bertz CT molecular complexity index is 353. The summed E-state index contributed by atoms with van der Waals surface area (Å²) in [5.74, 6) is 0.695. The summed E-state index contributed by atoms with van der Waals surface area (Å²) in [6.07, 6.45) is 2.17. The van der Waals surface area contributed by atoms with Gasteiger partial charge in [0.05, 0.1) is 13.2 Å². The highest BCUT2D eigenvalue weighted by Gasteiger charge is 1.99. The molecule has 94 valence electrons. The lowest BCUT2D eigenvalue weighted by atomic mass is 10.2. The lowest BCUT2D eigenvalue weighted by Gasteiger charge is -2.08. The zero-order valence-electron chi connectivity index (χ0n) is 10.2. The van der Waals surface area contributed by atoms with Crippen LogP contribution in [0.25, 0.3) is 0 Å². The molecule has 1 amide bonds. The fourth-order valence-electron chi connectivity index (χ4n) is 1.35. The van der Waals surface area contributed by atoms with Crippen LogP contribution in [0, 0.1) is 0 Å². The molecule has 0 radical (unpaired) electrons. The summed E-state index contributed by atoms with van der Waals surface area (Å²) >= 11 is 0. The zero-order chi connectivity index (χ0) is 12.5. The molecule has 3 N–H and O–H groups in total. The van der Waals surface area contributed by atoms with E-state index in [4.69, 9.17) is 10.5 Å². The van der Waals surface area contributed by atoms with Crippen molar-refractivity contribution in [1.82, 2.24) is 5.32 Å². The first-order valence-corrected chi connectivity index (χ1v) is 5.94. The van der Waals surface area contributed by atoms with Crippen LogP contribution >= 0.6 is 0 Å². The lowest BCUT2D eigenvalue weighted by molar-refractivity contribution is -0.119. The Morgan fingerprint density at radius 3 is 3.00 bits per heavy atom. The van der Waals surface area contributed by atoms with Crippen molar-refractivity contribution in [2.45, 2.75) is 26.3 Å². The summed E-state index contributed by atoms with van der Waals surface area (Å²) < 4.78 is 5.58. The van der Waals surface area contributed by atoms with Crippen molar-refractivity contribution >= 4 is 5.91 Å². The van der Waals surface area contributed by atoms with Crippen LogP contribution in [0.3, 0.4) is 0 Å². The fourth-order valence-corrected chi connectivity index (χ4v) is 1.35. The van der Waals surface area contributed by atoms with E-state index in [1.165, 1.54) is 0 Å². The smallest absolute Gasteiger partial charge is 0.234 e. The van der Waals surface area contributed by atoms with Gasteiger partial charge in [-0.1, -0.05) is 25.5 Å². The van der Waals surface area contributed by atoms with Gasteiger partial charge in [0.15, 0.2) is 0 Å². The van der Waals surface area contributed by atoms with Gasteiger partial charge in [-0.3, -0.25) is 4.79 Å². The van der Waals surface area contributed by atoms with E-state index in [9.17, 15) is 4.79 Å². The number of benzene rings is 1. The number of nitrogens with two attached hydrogens (primary N) is 1. The lowest BCUT2D eigenvalue weighted by Crippen LogP contribution is -2.29. The molecule has 0 aliphatic heterocycles. The van der Waals surface area contributed by atoms with Crippen LogP contribution in [-0.2, 0) is 11.3 Å². The van der Waals surface area contributed by atoms with Crippen molar-refractivity contribution in [3.05, 3.63) is 29.8 Å². The quantitative estimate of drug-likeness (QED) is 0.704. The maximum atomic E-state index is 11.0. The summed E-state index contributed by atoms with van der Waals surface area (Å²) in [4.78, 5) is 11.0. The number of unbranched alkanes of at least 4 members (excludes halogenated alkanes) is 1. The molecule has 17 heavy (non-hydrogen) atoms. The first-order chi connectivity index (χ1) is 8.26. The van der Waals surface area contributed by atoms with E-state index < -0.39 is 0 Å². The first kappa shape index (κ1) is 13.5. The van der Waals surface area contributed by atoms with E-state index in [1.54, 1.807) is 0 Å².